The number of carbonyl (C=O) groups excluding carboxylic acids is 2. The highest BCUT2D eigenvalue weighted by molar-refractivity contribution is 6.41. The van der Waals surface area contributed by atoms with Gasteiger partial charge in [0.15, 0.2) is 6.10 Å². The fourth-order valence-electron chi connectivity index (χ4n) is 4.58. The highest BCUT2D eigenvalue weighted by Crippen LogP contribution is 2.39. The first-order valence-electron chi connectivity index (χ1n) is 14.0. The van der Waals surface area contributed by atoms with Gasteiger partial charge in [-0.15, -0.1) is 0 Å². The van der Waals surface area contributed by atoms with E-state index in [1.807, 2.05) is 26.0 Å². The first kappa shape index (κ1) is 32.9. The van der Waals surface area contributed by atoms with Gasteiger partial charge in [-0.25, -0.2) is 10.0 Å². The van der Waals surface area contributed by atoms with Crippen molar-refractivity contribution in [1.82, 2.24) is 5.43 Å². The number of amidine groups is 1. The maximum atomic E-state index is 13.3. The molecular formula is C32H34Cl4N4O3. The molecule has 228 valence electrons. The number of halogens is 4. The van der Waals surface area contributed by atoms with Gasteiger partial charge in [0.05, 0.1) is 26.7 Å². The number of hydrogen-bond donors (Lipinski definition) is 2. The Kier molecular flexibility index (Phi) is 10.2. The molecule has 4 rings (SSSR count). The average Bonchev–Trinajstić information content (AvgIpc) is 3.21. The van der Waals surface area contributed by atoms with E-state index >= 15 is 0 Å². The van der Waals surface area contributed by atoms with E-state index in [0.29, 0.717) is 39.4 Å². The van der Waals surface area contributed by atoms with Gasteiger partial charge >= 0.3 is 0 Å². The number of anilines is 2. The summed E-state index contributed by atoms with van der Waals surface area (Å²) >= 11 is 25.5. The minimum absolute atomic E-state index is 0.128. The van der Waals surface area contributed by atoms with E-state index in [1.54, 1.807) is 25.1 Å². The SMILES string of the molecule is CCC(Oc1ccc(C)cc1C(C)(C)CC)C(=O)Nc1cc(Cl)c(N2NC(=Nc3ccc(Cl)cc3Cl)C(C)C2=O)c(Cl)c1. The minimum Gasteiger partial charge on any atom is -0.480 e. The molecule has 2 atom stereocenters. The van der Waals surface area contributed by atoms with Crippen molar-refractivity contribution in [1.29, 1.82) is 0 Å². The lowest BCUT2D eigenvalue weighted by atomic mass is 9.81. The molecule has 43 heavy (non-hydrogen) atoms. The van der Waals surface area contributed by atoms with Crippen LogP contribution < -0.4 is 20.5 Å². The van der Waals surface area contributed by atoms with Crippen molar-refractivity contribution in [3.05, 3.63) is 79.7 Å². The molecule has 2 amide bonds. The summed E-state index contributed by atoms with van der Waals surface area (Å²) in [6, 6.07) is 14.0. The van der Waals surface area contributed by atoms with Gasteiger partial charge in [0.2, 0.25) is 0 Å². The molecule has 7 nitrogen and oxygen atoms in total. The Morgan fingerprint density at radius 3 is 2.33 bits per heavy atom. The van der Waals surface area contributed by atoms with Crippen molar-refractivity contribution in [3.8, 4) is 5.75 Å². The Morgan fingerprint density at radius 1 is 1.05 bits per heavy atom. The first-order chi connectivity index (χ1) is 20.2. The molecule has 0 saturated carbocycles. The summed E-state index contributed by atoms with van der Waals surface area (Å²) in [7, 11) is 0. The molecule has 3 aromatic carbocycles. The Hall–Kier alpha value is -2.97. The standard InChI is InChI=1S/C32H34Cl4N4O3/c1-7-26(43-27-12-9-17(3)13-21(27)32(5,6)8-2)30(41)37-20-15-23(35)28(24(36)16-20)40-31(42)18(4)29(39-40)38-25-11-10-19(33)14-22(25)34/h9-16,18,26H,7-8H2,1-6H3,(H,37,41)(H,38,39). The van der Waals surface area contributed by atoms with Gasteiger partial charge in [-0.3, -0.25) is 15.0 Å². The van der Waals surface area contributed by atoms with Crippen LogP contribution in [0.2, 0.25) is 20.1 Å². The Balaban J connectivity index is 1.54. The second-order valence-corrected chi connectivity index (χ2v) is 12.8. The van der Waals surface area contributed by atoms with Gasteiger partial charge in [-0.2, -0.15) is 0 Å². The number of rotatable bonds is 9. The lowest BCUT2D eigenvalue weighted by Crippen LogP contribution is -2.36. The molecule has 0 aromatic heterocycles. The number of hydrogen-bond acceptors (Lipinski definition) is 4. The summed E-state index contributed by atoms with van der Waals surface area (Å²) in [6.45, 7) is 12.1. The molecule has 0 bridgehead atoms. The molecule has 1 heterocycles. The van der Waals surface area contributed by atoms with Crippen LogP contribution in [-0.4, -0.2) is 23.8 Å². The predicted octanol–water partition coefficient (Wildman–Crippen LogP) is 9.31. The van der Waals surface area contributed by atoms with Crippen molar-refractivity contribution < 1.29 is 14.3 Å². The van der Waals surface area contributed by atoms with Crippen molar-refractivity contribution in [3.63, 3.8) is 0 Å². The van der Waals surface area contributed by atoms with Crippen LogP contribution in [-0.2, 0) is 15.0 Å². The lowest BCUT2D eigenvalue weighted by Gasteiger charge is -2.28. The number of hydrazine groups is 1. The molecule has 1 fully saturated rings. The zero-order valence-corrected chi connectivity index (χ0v) is 27.8. The average molecular weight is 664 g/mol. The summed E-state index contributed by atoms with van der Waals surface area (Å²) in [5, 5.41) is 5.24. The van der Waals surface area contributed by atoms with Crippen molar-refractivity contribution in [2.75, 3.05) is 10.3 Å². The number of nitrogens with one attached hydrogen (secondary N) is 2. The van der Waals surface area contributed by atoms with E-state index in [0.717, 1.165) is 17.5 Å². The third-order valence-electron chi connectivity index (χ3n) is 7.57. The summed E-state index contributed by atoms with van der Waals surface area (Å²) in [5.74, 6) is -0.237. The van der Waals surface area contributed by atoms with Crippen LogP contribution in [0.25, 0.3) is 0 Å². The first-order valence-corrected chi connectivity index (χ1v) is 15.5. The maximum Gasteiger partial charge on any atom is 0.265 e. The summed E-state index contributed by atoms with van der Waals surface area (Å²) in [6.07, 6.45) is 0.594. The van der Waals surface area contributed by atoms with Gasteiger partial charge < -0.3 is 10.1 Å². The van der Waals surface area contributed by atoms with E-state index in [2.05, 4.69) is 42.6 Å². The monoisotopic (exact) mass is 662 g/mol. The fourth-order valence-corrected chi connectivity index (χ4v) is 5.69. The number of aryl methyl sites for hydroxylation is 1. The van der Waals surface area contributed by atoms with Crippen LogP contribution in [0.1, 0.15) is 58.6 Å². The molecule has 1 aliphatic heterocycles. The third kappa shape index (κ3) is 7.23. The Morgan fingerprint density at radius 2 is 1.72 bits per heavy atom. The van der Waals surface area contributed by atoms with Gasteiger partial charge in [0.25, 0.3) is 11.8 Å². The maximum absolute atomic E-state index is 13.3. The topological polar surface area (TPSA) is 83.0 Å². The highest BCUT2D eigenvalue weighted by atomic mass is 35.5. The zero-order chi connectivity index (χ0) is 31.6. The van der Waals surface area contributed by atoms with E-state index in [4.69, 9.17) is 51.1 Å². The minimum atomic E-state index is -0.757. The molecule has 2 N–H and O–H groups in total. The molecule has 0 radical (unpaired) electrons. The molecule has 3 aromatic rings. The van der Waals surface area contributed by atoms with Gasteiger partial charge in [0, 0.05) is 16.3 Å². The van der Waals surface area contributed by atoms with Crippen LogP contribution in [0, 0.1) is 12.8 Å². The third-order valence-corrected chi connectivity index (χ3v) is 8.68. The molecule has 1 aliphatic rings. The largest absolute Gasteiger partial charge is 0.480 e. The van der Waals surface area contributed by atoms with Crippen LogP contribution in [0.3, 0.4) is 0 Å². The number of nitrogens with zero attached hydrogens (tertiary/aromatic N) is 2. The van der Waals surface area contributed by atoms with Gasteiger partial charge in [-0.1, -0.05) is 91.8 Å². The van der Waals surface area contributed by atoms with Crippen molar-refractivity contribution in [2.45, 2.75) is 65.9 Å². The smallest absolute Gasteiger partial charge is 0.265 e. The van der Waals surface area contributed by atoms with Gasteiger partial charge in [-0.05, 0) is 68.5 Å². The van der Waals surface area contributed by atoms with Crippen LogP contribution in [0.5, 0.6) is 5.75 Å². The Bertz CT molecular complexity index is 1570. The Labute approximate surface area is 272 Å². The van der Waals surface area contributed by atoms with E-state index in [9.17, 15) is 9.59 Å². The predicted molar refractivity (Wildman–Crippen MR) is 178 cm³/mol. The van der Waals surface area contributed by atoms with E-state index < -0.39 is 12.0 Å². The second-order valence-electron chi connectivity index (χ2n) is 11.1. The summed E-state index contributed by atoms with van der Waals surface area (Å²) < 4.78 is 6.27. The molecule has 0 aliphatic carbocycles. The molecule has 11 heteroatoms. The summed E-state index contributed by atoms with van der Waals surface area (Å²) in [4.78, 5) is 31.0. The number of benzene rings is 3. The van der Waals surface area contributed by atoms with Gasteiger partial charge in [0.1, 0.15) is 17.3 Å². The van der Waals surface area contributed by atoms with Crippen LogP contribution >= 0.6 is 46.4 Å². The fraction of sp³-hybridized carbons (Fsp3) is 0.344. The number of ether oxygens (including phenoxy) is 1. The summed E-state index contributed by atoms with van der Waals surface area (Å²) in [5.41, 5.74) is 6.09. The number of amides is 2. The normalized spacial score (nSPS) is 16.8. The van der Waals surface area contributed by atoms with Crippen molar-refractivity contribution in [2.24, 2.45) is 10.9 Å². The molecule has 1 saturated heterocycles. The number of carbonyl (C=O) groups is 2. The quantitative estimate of drug-likeness (QED) is 0.239. The van der Waals surface area contributed by atoms with Crippen LogP contribution in [0.4, 0.5) is 17.1 Å². The highest BCUT2D eigenvalue weighted by Gasteiger charge is 2.37. The van der Waals surface area contributed by atoms with Crippen LogP contribution in [0.15, 0.2) is 53.5 Å². The van der Waals surface area contributed by atoms with E-state index in [-0.39, 0.29) is 33.0 Å². The van der Waals surface area contributed by atoms with E-state index in [1.165, 1.54) is 17.1 Å². The lowest BCUT2D eigenvalue weighted by molar-refractivity contribution is -0.123. The molecular weight excluding hydrogens is 630 g/mol. The second kappa shape index (κ2) is 13.3. The van der Waals surface area contributed by atoms with Crippen molar-refractivity contribution >= 4 is 81.1 Å². The number of aliphatic imine (C=N–C) groups is 1. The zero-order valence-electron chi connectivity index (χ0n) is 24.8. The molecule has 0 spiro atoms. The molecule has 2 unspecified atom stereocenters.